The van der Waals surface area contributed by atoms with Crippen LogP contribution in [0.4, 0.5) is 20.3 Å². The Labute approximate surface area is 191 Å². The van der Waals surface area contributed by atoms with Gasteiger partial charge in [0.2, 0.25) is 5.95 Å². The predicted molar refractivity (Wildman–Crippen MR) is 117 cm³/mol. The molecule has 2 heterocycles. The van der Waals surface area contributed by atoms with E-state index in [1.165, 1.54) is 0 Å². The lowest BCUT2D eigenvalue weighted by Crippen LogP contribution is -2.44. The Kier molecular flexibility index (Phi) is 6.75. The highest BCUT2D eigenvalue weighted by molar-refractivity contribution is 6.33. The van der Waals surface area contributed by atoms with Gasteiger partial charge in [-0.3, -0.25) is 0 Å². The van der Waals surface area contributed by atoms with Gasteiger partial charge in [-0.1, -0.05) is 11.6 Å². The standard InChI is InChI=1S/C20H28ClN5O6/c1-18(2,3)30-15(27)25-10-22-11-12(21)23-14(24-13(11)25)26(16(28)31-19(4,5)6)17(29)32-20(7,8)9/h10H,1-9H3. The molecule has 0 saturated carbocycles. The van der Waals surface area contributed by atoms with Gasteiger partial charge < -0.3 is 14.2 Å². The van der Waals surface area contributed by atoms with Crippen molar-refractivity contribution in [2.75, 3.05) is 4.90 Å². The van der Waals surface area contributed by atoms with E-state index < -0.39 is 41.0 Å². The van der Waals surface area contributed by atoms with Crippen LogP contribution in [0.3, 0.4) is 0 Å². The number of halogens is 1. The average molecular weight is 470 g/mol. The van der Waals surface area contributed by atoms with Crippen molar-refractivity contribution in [2.24, 2.45) is 0 Å². The highest BCUT2D eigenvalue weighted by Gasteiger charge is 2.36. The largest absolute Gasteiger partial charge is 0.443 e. The minimum Gasteiger partial charge on any atom is -0.443 e. The number of hydrogen-bond acceptors (Lipinski definition) is 9. The van der Waals surface area contributed by atoms with E-state index in [9.17, 15) is 14.4 Å². The first-order chi connectivity index (χ1) is 14.4. The van der Waals surface area contributed by atoms with E-state index in [0.717, 1.165) is 10.9 Å². The molecule has 11 nitrogen and oxygen atoms in total. The number of imidazole rings is 1. The summed E-state index contributed by atoms with van der Waals surface area (Å²) < 4.78 is 17.0. The molecular weight excluding hydrogens is 442 g/mol. The van der Waals surface area contributed by atoms with Crippen molar-refractivity contribution in [1.29, 1.82) is 0 Å². The Morgan fingerprint density at radius 2 is 1.31 bits per heavy atom. The van der Waals surface area contributed by atoms with Crippen LogP contribution in [0.15, 0.2) is 6.33 Å². The van der Waals surface area contributed by atoms with Gasteiger partial charge in [-0.2, -0.15) is 9.97 Å². The normalized spacial score (nSPS) is 12.4. The summed E-state index contributed by atoms with van der Waals surface area (Å²) in [5.41, 5.74) is -2.62. The average Bonchev–Trinajstić information content (AvgIpc) is 2.94. The molecule has 176 valence electrons. The number of amides is 2. The molecule has 2 aromatic heterocycles. The van der Waals surface area contributed by atoms with Gasteiger partial charge in [-0.25, -0.2) is 23.9 Å². The number of carbonyl (C=O) groups excluding carboxylic acids is 3. The van der Waals surface area contributed by atoms with Gasteiger partial charge in [-0.05, 0) is 62.3 Å². The van der Waals surface area contributed by atoms with Gasteiger partial charge in [0.25, 0.3) is 0 Å². The third kappa shape index (κ3) is 6.52. The first-order valence-corrected chi connectivity index (χ1v) is 10.2. The summed E-state index contributed by atoms with van der Waals surface area (Å²) in [7, 11) is 0. The van der Waals surface area contributed by atoms with E-state index in [-0.39, 0.29) is 16.3 Å². The topological polar surface area (TPSA) is 126 Å². The smallest absolute Gasteiger partial charge is 0.427 e. The van der Waals surface area contributed by atoms with Crippen molar-refractivity contribution in [2.45, 2.75) is 79.1 Å². The summed E-state index contributed by atoms with van der Waals surface area (Å²) in [6, 6.07) is 0. The molecule has 2 amide bonds. The highest BCUT2D eigenvalue weighted by atomic mass is 35.5. The number of nitrogens with zero attached hydrogens (tertiary/aromatic N) is 5. The Balaban J connectivity index is 2.62. The van der Waals surface area contributed by atoms with Crippen molar-refractivity contribution in [1.82, 2.24) is 19.5 Å². The number of ether oxygens (including phenoxy) is 3. The van der Waals surface area contributed by atoms with Crippen LogP contribution in [0, 0.1) is 0 Å². The fourth-order valence-electron chi connectivity index (χ4n) is 2.25. The van der Waals surface area contributed by atoms with Gasteiger partial charge in [0.15, 0.2) is 10.8 Å². The van der Waals surface area contributed by atoms with Crippen molar-refractivity contribution in [3.63, 3.8) is 0 Å². The fraction of sp³-hybridized carbons (Fsp3) is 0.600. The maximum absolute atomic E-state index is 12.8. The molecule has 32 heavy (non-hydrogen) atoms. The molecule has 0 aromatic carbocycles. The van der Waals surface area contributed by atoms with Gasteiger partial charge in [0, 0.05) is 0 Å². The second-order valence-corrected chi connectivity index (χ2v) is 10.2. The van der Waals surface area contributed by atoms with Crippen LogP contribution >= 0.6 is 11.6 Å². The summed E-state index contributed by atoms with van der Waals surface area (Å²) in [4.78, 5) is 51.0. The summed E-state index contributed by atoms with van der Waals surface area (Å²) in [6.07, 6.45) is -1.77. The van der Waals surface area contributed by atoms with Crippen molar-refractivity contribution in [3.8, 4) is 0 Å². The Morgan fingerprint density at radius 1 is 0.844 bits per heavy atom. The Bertz CT molecular complexity index is 1020. The number of hydrogen-bond donors (Lipinski definition) is 0. The molecule has 0 aliphatic carbocycles. The monoisotopic (exact) mass is 469 g/mol. The summed E-state index contributed by atoms with van der Waals surface area (Å²) in [5.74, 6) is -0.448. The van der Waals surface area contributed by atoms with E-state index in [1.807, 2.05) is 0 Å². The van der Waals surface area contributed by atoms with Crippen molar-refractivity contribution in [3.05, 3.63) is 11.5 Å². The van der Waals surface area contributed by atoms with E-state index in [2.05, 4.69) is 15.0 Å². The van der Waals surface area contributed by atoms with Gasteiger partial charge in [0.05, 0.1) is 0 Å². The molecule has 0 aliphatic rings. The lowest BCUT2D eigenvalue weighted by Gasteiger charge is -2.27. The maximum Gasteiger partial charge on any atom is 0.427 e. The maximum atomic E-state index is 12.8. The van der Waals surface area contributed by atoms with Crippen molar-refractivity contribution >= 4 is 47.0 Å². The van der Waals surface area contributed by atoms with Crippen LogP contribution in [-0.2, 0) is 14.2 Å². The van der Waals surface area contributed by atoms with E-state index in [4.69, 9.17) is 25.8 Å². The lowest BCUT2D eigenvalue weighted by atomic mass is 10.2. The SMILES string of the molecule is CC(C)(C)OC(=O)N(C(=O)OC(C)(C)C)c1nc(Cl)c2ncn(C(=O)OC(C)(C)C)c2n1. The van der Waals surface area contributed by atoms with Crippen molar-refractivity contribution < 1.29 is 28.6 Å². The number of aromatic nitrogens is 4. The zero-order valence-electron chi connectivity index (χ0n) is 19.6. The molecule has 0 radical (unpaired) electrons. The molecule has 0 bridgehead atoms. The Morgan fingerprint density at radius 3 is 1.75 bits per heavy atom. The minimum absolute atomic E-state index is 0.0635. The number of anilines is 1. The van der Waals surface area contributed by atoms with Crippen LogP contribution in [-0.4, -0.2) is 54.6 Å². The number of imide groups is 1. The zero-order chi connectivity index (χ0) is 24.6. The minimum atomic E-state index is -1.08. The number of rotatable bonds is 1. The van der Waals surface area contributed by atoms with Crippen LogP contribution in [0.2, 0.25) is 5.15 Å². The molecule has 0 atom stereocenters. The summed E-state index contributed by atoms with van der Waals surface area (Å²) in [5, 5.41) is -0.190. The van der Waals surface area contributed by atoms with E-state index in [0.29, 0.717) is 4.90 Å². The second-order valence-electron chi connectivity index (χ2n) is 9.88. The quantitative estimate of drug-likeness (QED) is 0.421. The third-order valence-electron chi connectivity index (χ3n) is 3.28. The van der Waals surface area contributed by atoms with E-state index >= 15 is 0 Å². The lowest BCUT2D eigenvalue weighted by molar-refractivity contribution is 0.0426. The first-order valence-electron chi connectivity index (χ1n) is 9.78. The molecule has 0 unspecified atom stereocenters. The van der Waals surface area contributed by atoms with Gasteiger partial charge >= 0.3 is 18.3 Å². The molecular formula is C20H28ClN5O6. The molecule has 0 saturated heterocycles. The van der Waals surface area contributed by atoms with Crippen LogP contribution < -0.4 is 4.90 Å². The third-order valence-corrected chi connectivity index (χ3v) is 3.55. The van der Waals surface area contributed by atoms with Gasteiger partial charge in [0.1, 0.15) is 28.6 Å². The number of carbonyl (C=O) groups is 3. The van der Waals surface area contributed by atoms with Crippen LogP contribution in [0.5, 0.6) is 0 Å². The Hall–Kier alpha value is -2.95. The van der Waals surface area contributed by atoms with Gasteiger partial charge in [-0.15, -0.1) is 4.90 Å². The molecule has 2 rings (SSSR count). The summed E-state index contributed by atoms with van der Waals surface area (Å²) >= 11 is 6.22. The number of fused-ring (bicyclic) bond motifs is 1. The molecule has 0 fully saturated rings. The predicted octanol–water partition coefficient (Wildman–Crippen LogP) is 4.94. The van der Waals surface area contributed by atoms with Crippen LogP contribution in [0.25, 0.3) is 11.2 Å². The molecule has 0 aliphatic heterocycles. The van der Waals surface area contributed by atoms with Crippen LogP contribution in [0.1, 0.15) is 62.3 Å². The zero-order valence-corrected chi connectivity index (χ0v) is 20.4. The van der Waals surface area contributed by atoms with E-state index in [1.54, 1.807) is 62.3 Å². The summed E-state index contributed by atoms with van der Waals surface area (Å²) in [6.45, 7) is 14.9. The highest BCUT2D eigenvalue weighted by Crippen LogP contribution is 2.26. The fourth-order valence-corrected chi connectivity index (χ4v) is 2.46. The molecule has 12 heteroatoms. The molecule has 2 aromatic rings. The first kappa shape index (κ1) is 25.3. The molecule has 0 spiro atoms. The molecule has 0 N–H and O–H groups in total. The second kappa shape index (κ2) is 8.53.